The molecule has 0 aliphatic carbocycles. The van der Waals surface area contributed by atoms with Crippen LogP contribution in [0.3, 0.4) is 0 Å². The molecule has 0 spiro atoms. The molecular formula is C15H9Cl2N3O4S. The van der Waals surface area contributed by atoms with Crippen LogP contribution in [-0.2, 0) is 14.9 Å². The Morgan fingerprint density at radius 1 is 1.16 bits per heavy atom. The molecule has 0 bridgehead atoms. The highest BCUT2D eigenvalue weighted by atomic mass is 35.5. The van der Waals surface area contributed by atoms with Gasteiger partial charge in [0.05, 0.1) is 22.8 Å². The first-order valence-electron chi connectivity index (χ1n) is 6.79. The average molecular weight is 398 g/mol. The summed E-state index contributed by atoms with van der Waals surface area (Å²) in [6.45, 7) is 0. The van der Waals surface area contributed by atoms with E-state index in [-0.39, 0.29) is 27.7 Å². The summed E-state index contributed by atoms with van der Waals surface area (Å²) in [6, 6.07) is 7.39. The Kier molecular flexibility index (Phi) is 4.34. The van der Waals surface area contributed by atoms with Gasteiger partial charge in [-0.15, -0.1) is 0 Å². The number of nitriles is 1. The van der Waals surface area contributed by atoms with Crippen LogP contribution in [0.2, 0.25) is 10.0 Å². The van der Waals surface area contributed by atoms with E-state index in [0.717, 1.165) is 6.07 Å². The molecule has 128 valence electrons. The number of nitrogens with zero attached hydrogens (tertiary/aromatic N) is 1. The Bertz CT molecular complexity index is 1180. The number of aromatic nitrogens is 1. The molecule has 2 aromatic carbocycles. The molecular weight excluding hydrogens is 389 g/mol. The molecule has 10 heteroatoms. The number of aromatic amines is 1. The Labute approximate surface area is 151 Å². The topological polar surface area (TPSA) is 123 Å². The lowest BCUT2D eigenvalue weighted by Crippen LogP contribution is -2.10. The number of hydrogen-bond donors (Lipinski definition) is 3. The van der Waals surface area contributed by atoms with Crippen LogP contribution < -0.4 is 5.32 Å². The summed E-state index contributed by atoms with van der Waals surface area (Å²) < 4.78 is 32.7. The molecule has 0 radical (unpaired) electrons. The third-order valence-electron chi connectivity index (χ3n) is 3.50. The van der Waals surface area contributed by atoms with Gasteiger partial charge in [0.15, 0.2) is 0 Å². The van der Waals surface area contributed by atoms with Gasteiger partial charge in [0.25, 0.3) is 10.1 Å². The van der Waals surface area contributed by atoms with Crippen LogP contribution in [-0.4, -0.2) is 23.9 Å². The number of anilines is 1. The lowest BCUT2D eigenvalue weighted by Gasteiger charge is -2.05. The molecule has 0 aliphatic heterocycles. The number of benzene rings is 2. The molecule has 3 rings (SSSR count). The molecule has 0 unspecified atom stereocenters. The predicted molar refractivity (Wildman–Crippen MR) is 94.5 cm³/mol. The van der Waals surface area contributed by atoms with Crippen LogP contribution in [0.5, 0.6) is 0 Å². The smallest absolute Gasteiger partial charge is 0.296 e. The van der Waals surface area contributed by atoms with E-state index in [9.17, 15) is 17.8 Å². The van der Waals surface area contributed by atoms with Crippen molar-refractivity contribution in [2.75, 3.05) is 5.32 Å². The van der Waals surface area contributed by atoms with Crippen LogP contribution in [0.1, 0.15) is 6.42 Å². The summed E-state index contributed by atoms with van der Waals surface area (Å²) in [5.41, 5.74) is 0.786. The molecule has 0 fully saturated rings. The van der Waals surface area contributed by atoms with Gasteiger partial charge in [0.1, 0.15) is 11.3 Å². The second kappa shape index (κ2) is 6.20. The molecule has 3 aromatic rings. The highest BCUT2D eigenvalue weighted by Crippen LogP contribution is 2.37. The van der Waals surface area contributed by atoms with Crippen molar-refractivity contribution in [2.24, 2.45) is 0 Å². The van der Waals surface area contributed by atoms with Crippen molar-refractivity contribution in [3.05, 3.63) is 34.3 Å². The Hall–Kier alpha value is -2.31. The molecule has 1 amide bonds. The van der Waals surface area contributed by atoms with E-state index < -0.39 is 20.9 Å². The summed E-state index contributed by atoms with van der Waals surface area (Å²) in [6.07, 6.45) is -0.351. The maximum atomic E-state index is 11.7. The van der Waals surface area contributed by atoms with Gasteiger partial charge in [0.2, 0.25) is 5.91 Å². The minimum Gasteiger partial charge on any atom is -0.352 e. The van der Waals surface area contributed by atoms with Crippen molar-refractivity contribution in [1.82, 2.24) is 4.98 Å². The normalized spacial score (nSPS) is 11.6. The zero-order valence-electron chi connectivity index (χ0n) is 12.3. The average Bonchev–Trinajstić information content (AvgIpc) is 2.84. The zero-order valence-corrected chi connectivity index (χ0v) is 14.6. The van der Waals surface area contributed by atoms with E-state index in [2.05, 4.69) is 10.3 Å². The second-order valence-corrected chi connectivity index (χ2v) is 7.45. The van der Waals surface area contributed by atoms with Crippen molar-refractivity contribution in [2.45, 2.75) is 11.3 Å². The second-order valence-electron chi connectivity index (χ2n) is 5.19. The number of H-pyrrole nitrogens is 1. The van der Waals surface area contributed by atoms with E-state index in [1.165, 1.54) is 12.1 Å². The van der Waals surface area contributed by atoms with Gasteiger partial charge in [-0.25, -0.2) is 0 Å². The van der Waals surface area contributed by atoms with Gasteiger partial charge in [-0.05, 0) is 24.3 Å². The van der Waals surface area contributed by atoms with Crippen LogP contribution in [0.4, 0.5) is 5.69 Å². The summed E-state index contributed by atoms with van der Waals surface area (Å²) in [5.74, 6) is -0.544. The van der Waals surface area contributed by atoms with Gasteiger partial charge >= 0.3 is 0 Å². The first-order chi connectivity index (χ1) is 11.7. The van der Waals surface area contributed by atoms with Gasteiger partial charge in [0, 0.05) is 20.8 Å². The number of carbonyl (C=O) groups excluding carboxylic acids is 1. The molecule has 0 saturated carbocycles. The van der Waals surface area contributed by atoms with Crippen molar-refractivity contribution < 1.29 is 17.8 Å². The molecule has 25 heavy (non-hydrogen) atoms. The van der Waals surface area contributed by atoms with Gasteiger partial charge in [-0.3, -0.25) is 9.35 Å². The van der Waals surface area contributed by atoms with Crippen LogP contribution in [0.25, 0.3) is 21.8 Å². The first kappa shape index (κ1) is 17.5. The number of nitrogens with one attached hydrogen (secondary N) is 2. The monoisotopic (exact) mass is 397 g/mol. The molecule has 0 saturated heterocycles. The summed E-state index contributed by atoms with van der Waals surface area (Å²) in [5, 5.41) is 12.4. The fourth-order valence-corrected chi connectivity index (χ4v) is 3.77. The number of amides is 1. The standard InChI is InChI=1S/C15H9Cl2N3O4S/c16-7-3-9-10-4-8(17)6-12(25(22,23)24)15(10)20-14(9)11(5-7)19-13(21)1-2-18/h3-6,20H,1H2,(H,19,21)(H,22,23,24). The highest BCUT2D eigenvalue weighted by molar-refractivity contribution is 7.86. The van der Waals surface area contributed by atoms with Crippen LogP contribution >= 0.6 is 23.2 Å². The fraction of sp³-hybridized carbons (Fsp3) is 0.0667. The minimum atomic E-state index is -4.53. The number of hydrogen-bond acceptors (Lipinski definition) is 4. The van der Waals surface area contributed by atoms with Gasteiger partial charge in [-0.2, -0.15) is 13.7 Å². The number of halogens is 2. The Morgan fingerprint density at radius 2 is 1.76 bits per heavy atom. The number of fused-ring (bicyclic) bond motifs is 3. The number of rotatable bonds is 3. The summed E-state index contributed by atoms with van der Waals surface area (Å²) in [4.78, 5) is 14.2. The van der Waals surface area contributed by atoms with Crippen molar-refractivity contribution >= 4 is 66.7 Å². The zero-order chi connectivity index (χ0) is 18.4. The Balaban J connectivity index is 2.37. The lowest BCUT2D eigenvalue weighted by molar-refractivity contribution is -0.115. The molecule has 3 N–H and O–H groups in total. The van der Waals surface area contributed by atoms with E-state index >= 15 is 0 Å². The molecule has 7 nitrogen and oxygen atoms in total. The third kappa shape index (κ3) is 3.27. The van der Waals surface area contributed by atoms with E-state index in [4.69, 9.17) is 28.5 Å². The first-order valence-corrected chi connectivity index (χ1v) is 8.99. The van der Waals surface area contributed by atoms with Crippen LogP contribution in [0.15, 0.2) is 29.2 Å². The number of carbonyl (C=O) groups is 1. The molecule has 0 atom stereocenters. The predicted octanol–water partition coefficient (Wildman–Crippen LogP) is 3.73. The maximum Gasteiger partial charge on any atom is 0.296 e. The van der Waals surface area contributed by atoms with E-state index in [1.807, 2.05) is 0 Å². The van der Waals surface area contributed by atoms with Gasteiger partial charge in [-0.1, -0.05) is 23.2 Å². The summed E-state index contributed by atoms with van der Waals surface area (Å²) in [7, 11) is -4.53. The van der Waals surface area contributed by atoms with E-state index in [0.29, 0.717) is 16.3 Å². The van der Waals surface area contributed by atoms with Crippen molar-refractivity contribution in [3.8, 4) is 6.07 Å². The van der Waals surface area contributed by atoms with Crippen molar-refractivity contribution in [1.29, 1.82) is 5.26 Å². The van der Waals surface area contributed by atoms with Crippen molar-refractivity contribution in [3.63, 3.8) is 0 Å². The lowest BCUT2D eigenvalue weighted by atomic mass is 10.1. The fourth-order valence-electron chi connectivity index (χ4n) is 2.57. The molecule has 1 heterocycles. The van der Waals surface area contributed by atoms with Crippen LogP contribution in [0, 0.1) is 11.3 Å². The molecule has 1 aromatic heterocycles. The highest BCUT2D eigenvalue weighted by Gasteiger charge is 2.20. The van der Waals surface area contributed by atoms with Gasteiger partial charge < -0.3 is 10.3 Å². The quantitative estimate of drug-likeness (QED) is 0.580. The van der Waals surface area contributed by atoms with E-state index in [1.54, 1.807) is 12.1 Å². The third-order valence-corrected chi connectivity index (χ3v) is 4.82. The largest absolute Gasteiger partial charge is 0.352 e. The SMILES string of the molecule is N#CCC(=O)Nc1cc(Cl)cc2c1[nH]c1c(S(=O)(=O)O)cc(Cl)cc12. The molecule has 0 aliphatic rings. The Morgan fingerprint density at radius 3 is 2.36 bits per heavy atom. The maximum absolute atomic E-state index is 11.7. The summed E-state index contributed by atoms with van der Waals surface area (Å²) >= 11 is 12.0. The minimum absolute atomic E-state index is 0.107.